The minimum Gasteiger partial charge on any atom is -0.464 e. The fourth-order valence-electron chi connectivity index (χ4n) is 3.62. The van der Waals surface area contributed by atoms with E-state index in [4.69, 9.17) is 37.9 Å². The van der Waals surface area contributed by atoms with Gasteiger partial charge in [-0.1, -0.05) is 0 Å². The van der Waals surface area contributed by atoms with Crippen LogP contribution in [0.25, 0.3) is 0 Å². The highest BCUT2D eigenvalue weighted by molar-refractivity contribution is 5.82. The zero-order chi connectivity index (χ0) is 28.5. The van der Waals surface area contributed by atoms with E-state index in [1.54, 1.807) is 0 Å². The summed E-state index contributed by atoms with van der Waals surface area (Å²) in [5.74, 6) is -9.28. The summed E-state index contributed by atoms with van der Waals surface area (Å²) in [5, 5.41) is 0. The van der Waals surface area contributed by atoms with E-state index in [-0.39, 0.29) is 0 Å². The number of carbonyl (C=O) groups is 7. The summed E-state index contributed by atoms with van der Waals surface area (Å²) in [6, 6.07) is 0. The van der Waals surface area contributed by atoms with Crippen molar-refractivity contribution in [3.8, 4) is 0 Å². The molecule has 1 saturated heterocycles. The molecule has 0 radical (unpaired) electrons. The van der Waals surface area contributed by atoms with Gasteiger partial charge in [0.2, 0.25) is 0 Å². The first-order valence-electron chi connectivity index (χ1n) is 10.9. The van der Waals surface area contributed by atoms with Gasteiger partial charge in [0.05, 0.1) is 13.5 Å². The van der Waals surface area contributed by atoms with Gasteiger partial charge < -0.3 is 37.9 Å². The lowest BCUT2D eigenvalue weighted by Crippen LogP contribution is -2.66. The van der Waals surface area contributed by atoms with Crippen LogP contribution in [-0.2, 0) is 71.5 Å². The Labute approximate surface area is 211 Å². The highest BCUT2D eigenvalue weighted by atomic mass is 16.8. The van der Waals surface area contributed by atoms with Gasteiger partial charge >= 0.3 is 47.6 Å². The lowest BCUT2D eigenvalue weighted by Gasteiger charge is -2.47. The molecule has 1 aliphatic rings. The zero-order valence-corrected chi connectivity index (χ0v) is 21.4. The first-order valence-corrected chi connectivity index (χ1v) is 10.9. The van der Waals surface area contributed by atoms with E-state index in [1.807, 2.05) is 0 Å². The van der Waals surface area contributed by atoms with E-state index in [9.17, 15) is 33.6 Å². The number of hydrogen-bond donors (Lipinski definition) is 0. The molecule has 0 aliphatic carbocycles. The van der Waals surface area contributed by atoms with Gasteiger partial charge in [-0.3, -0.25) is 28.8 Å². The molecule has 0 aromatic rings. The lowest BCUT2D eigenvalue weighted by atomic mass is 9.89. The zero-order valence-electron chi connectivity index (χ0n) is 21.4. The minimum absolute atomic E-state index is 0.670. The number of esters is 7. The molecule has 0 unspecified atom stereocenters. The average molecular weight is 534 g/mol. The number of carbonyl (C=O) groups excluding carboxylic acids is 7. The standard InChI is InChI=1S/C22H30O15/c1-10(23)31-9-17(33-12(3)25)19(35-14(5)27)20-18(34-13(4)26)16(32-11(2)24)8-22(37-20,21(29)30-7)36-15(6)28/h16-20H,8-9H2,1-7H3/t16-,17+,18+,19+,20+,22-/m1/s1. The van der Waals surface area contributed by atoms with E-state index in [1.165, 1.54) is 0 Å². The van der Waals surface area contributed by atoms with Crippen molar-refractivity contribution in [3.63, 3.8) is 0 Å². The summed E-state index contributed by atoms with van der Waals surface area (Å²) < 4.78 is 41.6. The summed E-state index contributed by atoms with van der Waals surface area (Å²) in [4.78, 5) is 83.9. The summed E-state index contributed by atoms with van der Waals surface area (Å²) >= 11 is 0. The van der Waals surface area contributed by atoms with Crippen molar-refractivity contribution in [3.05, 3.63) is 0 Å². The van der Waals surface area contributed by atoms with Crippen LogP contribution in [0.15, 0.2) is 0 Å². The fraction of sp³-hybridized carbons (Fsp3) is 0.682. The van der Waals surface area contributed by atoms with Crippen LogP contribution in [0.4, 0.5) is 0 Å². The number of rotatable bonds is 10. The van der Waals surface area contributed by atoms with Crippen LogP contribution in [0, 0.1) is 0 Å². The molecule has 208 valence electrons. The van der Waals surface area contributed by atoms with Crippen molar-refractivity contribution in [2.75, 3.05) is 13.7 Å². The van der Waals surface area contributed by atoms with Crippen LogP contribution in [0.3, 0.4) is 0 Å². The van der Waals surface area contributed by atoms with E-state index in [2.05, 4.69) is 0 Å². The Hall–Kier alpha value is -3.75. The van der Waals surface area contributed by atoms with E-state index in [0.29, 0.717) is 0 Å². The molecule has 0 aromatic carbocycles. The lowest BCUT2D eigenvalue weighted by molar-refractivity contribution is -0.321. The molecule has 0 saturated carbocycles. The number of methoxy groups -OCH3 is 1. The predicted molar refractivity (Wildman–Crippen MR) is 115 cm³/mol. The van der Waals surface area contributed by atoms with Crippen LogP contribution >= 0.6 is 0 Å². The van der Waals surface area contributed by atoms with Gasteiger partial charge in [-0.15, -0.1) is 0 Å². The number of ether oxygens (including phenoxy) is 8. The monoisotopic (exact) mass is 534 g/mol. The summed E-state index contributed by atoms with van der Waals surface area (Å²) in [5.41, 5.74) is 0. The van der Waals surface area contributed by atoms with Crippen LogP contribution in [-0.4, -0.2) is 91.8 Å². The molecule has 15 heteroatoms. The number of hydrogen-bond acceptors (Lipinski definition) is 15. The largest absolute Gasteiger partial charge is 0.464 e. The third-order valence-corrected chi connectivity index (χ3v) is 4.67. The maximum absolute atomic E-state index is 12.8. The molecule has 6 atom stereocenters. The molecule has 1 rings (SSSR count). The van der Waals surface area contributed by atoms with Crippen molar-refractivity contribution in [1.82, 2.24) is 0 Å². The van der Waals surface area contributed by atoms with Crippen LogP contribution in [0.5, 0.6) is 0 Å². The third kappa shape index (κ3) is 9.33. The molecule has 0 amide bonds. The maximum atomic E-state index is 12.8. The Morgan fingerprint density at radius 1 is 0.784 bits per heavy atom. The second-order valence-corrected chi connectivity index (χ2v) is 7.87. The third-order valence-electron chi connectivity index (χ3n) is 4.67. The normalized spacial score (nSPS) is 24.4. The summed E-state index contributed by atoms with van der Waals surface area (Å²) in [7, 11) is 0.955. The Morgan fingerprint density at radius 2 is 1.35 bits per heavy atom. The molecule has 0 bridgehead atoms. The molecule has 37 heavy (non-hydrogen) atoms. The minimum atomic E-state index is -2.58. The van der Waals surface area contributed by atoms with Gasteiger partial charge in [-0.05, 0) is 0 Å². The SMILES string of the molecule is COC(=O)[C@@]1(OC(C)=O)C[C@@H](OC(C)=O)[C@H](OC(C)=O)[C@@H]([C@@H](OC(C)=O)[C@H](COC(C)=O)OC(C)=O)O1. The maximum Gasteiger partial charge on any atom is 0.379 e. The van der Waals surface area contributed by atoms with E-state index >= 15 is 0 Å². The quantitative estimate of drug-likeness (QED) is 0.257. The van der Waals surface area contributed by atoms with Gasteiger partial charge in [-0.2, -0.15) is 0 Å². The Bertz CT molecular complexity index is 912. The van der Waals surface area contributed by atoms with Crippen molar-refractivity contribution in [2.24, 2.45) is 0 Å². The van der Waals surface area contributed by atoms with E-state index < -0.39 is 91.1 Å². The predicted octanol–water partition coefficient (Wildman–Crippen LogP) is -0.502. The summed E-state index contributed by atoms with van der Waals surface area (Å²) in [6.45, 7) is 5.37. The van der Waals surface area contributed by atoms with E-state index in [0.717, 1.165) is 48.7 Å². The van der Waals surface area contributed by atoms with Crippen LogP contribution in [0.1, 0.15) is 48.0 Å². The fourth-order valence-corrected chi connectivity index (χ4v) is 3.62. The molecule has 0 aromatic heterocycles. The first-order chi connectivity index (χ1) is 17.1. The molecular weight excluding hydrogens is 504 g/mol. The average Bonchev–Trinajstić information content (AvgIpc) is 2.74. The van der Waals surface area contributed by atoms with Gasteiger partial charge in [0.1, 0.15) is 18.8 Å². The topological polar surface area (TPSA) is 193 Å². The molecule has 0 spiro atoms. The first kappa shape index (κ1) is 31.3. The van der Waals surface area contributed by atoms with Crippen LogP contribution < -0.4 is 0 Å². The highest BCUT2D eigenvalue weighted by Gasteiger charge is 2.61. The molecule has 15 nitrogen and oxygen atoms in total. The Balaban J connectivity index is 3.83. The molecule has 0 N–H and O–H groups in total. The Kier molecular flexibility index (Phi) is 11.4. The van der Waals surface area contributed by atoms with Gasteiger partial charge in [-0.25, -0.2) is 4.79 Å². The molecular formula is C22H30O15. The second-order valence-electron chi connectivity index (χ2n) is 7.87. The van der Waals surface area contributed by atoms with Crippen molar-refractivity contribution >= 4 is 41.8 Å². The van der Waals surface area contributed by atoms with Crippen molar-refractivity contribution in [2.45, 2.75) is 84.3 Å². The molecule has 1 aliphatic heterocycles. The van der Waals surface area contributed by atoms with Gasteiger partial charge in [0.25, 0.3) is 0 Å². The molecule has 1 fully saturated rings. The second kappa shape index (κ2) is 13.5. The smallest absolute Gasteiger partial charge is 0.379 e. The highest BCUT2D eigenvalue weighted by Crippen LogP contribution is 2.38. The van der Waals surface area contributed by atoms with Gasteiger partial charge in [0, 0.05) is 41.5 Å². The Morgan fingerprint density at radius 3 is 1.78 bits per heavy atom. The van der Waals surface area contributed by atoms with Crippen LogP contribution in [0.2, 0.25) is 0 Å². The molecule has 1 heterocycles. The van der Waals surface area contributed by atoms with Gasteiger partial charge in [0.15, 0.2) is 18.3 Å². The van der Waals surface area contributed by atoms with Crippen molar-refractivity contribution < 1.29 is 71.5 Å². The van der Waals surface area contributed by atoms with Crippen molar-refractivity contribution in [1.29, 1.82) is 0 Å². The summed E-state index contributed by atoms with van der Waals surface area (Å²) in [6.07, 6.45) is -8.97.